The van der Waals surface area contributed by atoms with Crippen molar-refractivity contribution in [2.45, 2.75) is 57.5 Å². The predicted molar refractivity (Wildman–Crippen MR) is 82.0 cm³/mol. The molecule has 2 rings (SSSR count). The summed E-state index contributed by atoms with van der Waals surface area (Å²) in [5.41, 5.74) is 7.31. The Morgan fingerprint density at radius 2 is 1.84 bits per heavy atom. The molecular formula is C17H28N2. The van der Waals surface area contributed by atoms with E-state index in [0.717, 1.165) is 12.5 Å². The van der Waals surface area contributed by atoms with Gasteiger partial charge in [-0.15, -0.1) is 0 Å². The van der Waals surface area contributed by atoms with E-state index in [4.69, 9.17) is 5.73 Å². The van der Waals surface area contributed by atoms with E-state index in [-0.39, 0.29) is 0 Å². The highest BCUT2D eigenvalue weighted by Gasteiger charge is 2.19. The number of hydrogen-bond donors (Lipinski definition) is 2. The fourth-order valence-electron chi connectivity index (χ4n) is 3.25. The van der Waals surface area contributed by atoms with Gasteiger partial charge in [0.25, 0.3) is 0 Å². The number of nitrogens with one attached hydrogen (secondary N) is 1. The lowest BCUT2D eigenvalue weighted by molar-refractivity contribution is 0.290. The van der Waals surface area contributed by atoms with Crippen LogP contribution >= 0.6 is 0 Å². The fraction of sp³-hybridized carbons (Fsp3) is 0.647. The first kappa shape index (κ1) is 14.5. The summed E-state index contributed by atoms with van der Waals surface area (Å²) in [4.78, 5) is 0. The first-order valence-corrected chi connectivity index (χ1v) is 7.80. The highest BCUT2D eigenvalue weighted by molar-refractivity contribution is 5.18. The highest BCUT2D eigenvalue weighted by Crippen LogP contribution is 2.27. The zero-order valence-corrected chi connectivity index (χ0v) is 12.1. The molecule has 0 aliphatic heterocycles. The maximum Gasteiger partial charge on any atom is 0.0294 e. The standard InChI is InChI=1S/C17H28N2/c1-14(16-10-6-3-7-11-16)19-17(13-18)12-15-8-4-2-5-9-15/h3,6-7,10-11,14-15,17,19H,2,4-5,8-9,12-13,18H2,1H3. The van der Waals surface area contributed by atoms with Crippen LogP contribution in [0.3, 0.4) is 0 Å². The minimum Gasteiger partial charge on any atom is -0.329 e. The van der Waals surface area contributed by atoms with Crippen LogP contribution in [0, 0.1) is 5.92 Å². The molecule has 106 valence electrons. The van der Waals surface area contributed by atoms with Crippen molar-refractivity contribution in [1.82, 2.24) is 5.32 Å². The second-order valence-corrected chi connectivity index (χ2v) is 5.97. The second-order valence-electron chi connectivity index (χ2n) is 5.97. The van der Waals surface area contributed by atoms with Crippen LogP contribution < -0.4 is 11.1 Å². The normalized spacial score (nSPS) is 20.1. The van der Waals surface area contributed by atoms with Gasteiger partial charge in [-0.3, -0.25) is 0 Å². The van der Waals surface area contributed by atoms with Crippen molar-refractivity contribution < 1.29 is 0 Å². The van der Waals surface area contributed by atoms with Crippen LogP contribution in [0.5, 0.6) is 0 Å². The molecule has 2 heteroatoms. The van der Waals surface area contributed by atoms with Crippen molar-refractivity contribution in [3.8, 4) is 0 Å². The lowest BCUT2D eigenvalue weighted by Crippen LogP contribution is -2.39. The molecule has 0 amide bonds. The van der Waals surface area contributed by atoms with Crippen molar-refractivity contribution in [1.29, 1.82) is 0 Å². The van der Waals surface area contributed by atoms with Crippen molar-refractivity contribution >= 4 is 0 Å². The molecule has 2 nitrogen and oxygen atoms in total. The Morgan fingerprint density at radius 3 is 2.47 bits per heavy atom. The van der Waals surface area contributed by atoms with E-state index in [1.54, 1.807) is 0 Å². The fourth-order valence-corrected chi connectivity index (χ4v) is 3.25. The lowest BCUT2D eigenvalue weighted by Gasteiger charge is -2.28. The van der Waals surface area contributed by atoms with Crippen LogP contribution in [0.25, 0.3) is 0 Å². The average Bonchev–Trinajstić information content (AvgIpc) is 2.48. The van der Waals surface area contributed by atoms with Crippen LogP contribution in [0.1, 0.15) is 57.1 Å². The molecule has 2 atom stereocenters. The molecule has 0 radical (unpaired) electrons. The predicted octanol–water partition coefficient (Wildman–Crippen LogP) is 3.63. The van der Waals surface area contributed by atoms with Crippen molar-refractivity contribution in [2.24, 2.45) is 11.7 Å². The largest absolute Gasteiger partial charge is 0.329 e. The first-order chi connectivity index (χ1) is 9.29. The van der Waals surface area contributed by atoms with Crippen LogP contribution in [0.2, 0.25) is 0 Å². The number of hydrogen-bond acceptors (Lipinski definition) is 2. The van der Waals surface area contributed by atoms with Gasteiger partial charge in [-0.25, -0.2) is 0 Å². The Morgan fingerprint density at radius 1 is 1.16 bits per heavy atom. The molecule has 0 aromatic heterocycles. The third-order valence-corrected chi connectivity index (χ3v) is 4.41. The number of benzene rings is 1. The van der Waals surface area contributed by atoms with Gasteiger partial charge in [0.1, 0.15) is 0 Å². The minimum atomic E-state index is 0.387. The van der Waals surface area contributed by atoms with Crippen molar-refractivity contribution in [3.63, 3.8) is 0 Å². The molecule has 1 fully saturated rings. The quantitative estimate of drug-likeness (QED) is 0.819. The molecule has 0 saturated heterocycles. The molecule has 0 bridgehead atoms. The third kappa shape index (κ3) is 4.63. The average molecular weight is 260 g/mol. The van der Waals surface area contributed by atoms with E-state index in [0.29, 0.717) is 12.1 Å². The van der Waals surface area contributed by atoms with E-state index in [1.165, 1.54) is 44.1 Å². The molecule has 19 heavy (non-hydrogen) atoms. The molecule has 1 aromatic rings. The van der Waals surface area contributed by atoms with E-state index in [9.17, 15) is 0 Å². The maximum atomic E-state index is 5.95. The Bertz CT molecular complexity index is 344. The van der Waals surface area contributed by atoms with E-state index in [2.05, 4.69) is 42.6 Å². The minimum absolute atomic E-state index is 0.387. The number of nitrogens with two attached hydrogens (primary N) is 1. The lowest BCUT2D eigenvalue weighted by atomic mass is 9.84. The Hall–Kier alpha value is -0.860. The van der Waals surface area contributed by atoms with Crippen LogP contribution in [-0.4, -0.2) is 12.6 Å². The van der Waals surface area contributed by atoms with Crippen LogP contribution in [0.15, 0.2) is 30.3 Å². The van der Waals surface area contributed by atoms with Crippen LogP contribution in [-0.2, 0) is 0 Å². The molecule has 1 aliphatic rings. The zero-order valence-electron chi connectivity index (χ0n) is 12.1. The van der Waals surface area contributed by atoms with Crippen LogP contribution in [0.4, 0.5) is 0 Å². The summed E-state index contributed by atoms with van der Waals surface area (Å²) >= 11 is 0. The first-order valence-electron chi connectivity index (χ1n) is 7.80. The van der Waals surface area contributed by atoms with Gasteiger partial charge >= 0.3 is 0 Å². The summed E-state index contributed by atoms with van der Waals surface area (Å²) in [5, 5.41) is 3.71. The monoisotopic (exact) mass is 260 g/mol. The SMILES string of the molecule is CC(NC(CN)CC1CCCCC1)c1ccccc1. The third-order valence-electron chi connectivity index (χ3n) is 4.41. The molecular weight excluding hydrogens is 232 g/mol. The summed E-state index contributed by atoms with van der Waals surface area (Å²) in [6.45, 7) is 2.98. The molecule has 1 aliphatic carbocycles. The summed E-state index contributed by atoms with van der Waals surface area (Å²) in [5.74, 6) is 0.887. The van der Waals surface area contributed by atoms with E-state index < -0.39 is 0 Å². The van der Waals surface area contributed by atoms with Crippen molar-refractivity contribution in [2.75, 3.05) is 6.54 Å². The smallest absolute Gasteiger partial charge is 0.0294 e. The van der Waals surface area contributed by atoms with Crippen molar-refractivity contribution in [3.05, 3.63) is 35.9 Å². The molecule has 1 saturated carbocycles. The maximum absolute atomic E-state index is 5.95. The van der Waals surface area contributed by atoms with Gasteiger partial charge in [-0.1, -0.05) is 62.4 Å². The summed E-state index contributed by atoms with van der Waals surface area (Å²) in [6, 6.07) is 11.5. The summed E-state index contributed by atoms with van der Waals surface area (Å²) in [6.07, 6.45) is 8.30. The Balaban J connectivity index is 1.84. The van der Waals surface area contributed by atoms with Gasteiger partial charge in [0.05, 0.1) is 0 Å². The van der Waals surface area contributed by atoms with Gasteiger partial charge < -0.3 is 11.1 Å². The molecule has 2 unspecified atom stereocenters. The van der Waals surface area contributed by atoms with Gasteiger partial charge in [0, 0.05) is 18.6 Å². The molecule has 1 aromatic carbocycles. The molecule has 0 spiro atoms. The van der Waals surface area contributed by atoms with Gasteiger partial charge in [-0.2, -0.15) is 0 Å². The Labute approximate surface area is 117 Å². The second kappa shape index (κ2) is 7.66. The summed E-state index contributed by atoms with van der Waals surface area (Å²) in [7, 11) is 0. The van der Waals surface area contributed by atoms with Gasteiger partial charge in [-0.05, 0) is 24.8 Å². The molecule has 0 heterocycles. The topological polar surface area (TPSA) is 38.0 Å². The zero-order chi connectivity index (χ0) is 13.5. The van der Waals surface area contributed by atoms with E-state index >= 15 is 0 Å². The highest BCUT2D eigenvalue weighted by atomic mass is 15.0. The molecule has 3 N–H and O–H groups in total. The van der Waals surface area contributed by atoms with Gasteiger partial charge in [0.2, 0.25) is 0 Å². The van der Waals surface area contributed by atoms with Gasteiger partial charge in [0.15, 0.2) is 0 Å². The Kier molecular flexibility index (Phi) is 5.87. The number of rotatable bonds is 6. The summed E-state index contributed by atoms with van der Waals surface area (Å²) < 4.78 is 0. The van der Waals surface area contributed by atoms with E-state index in [1.807, 2.05) is 0 Å².